The molecular weight excluding hydrogens is 450 g/mol. The van der Waals surface area contributed by atoms with Crippen LogP contribution in [0.2, 0.25) is 0 Å². The van der Waals surface area contributed by atoms with Gasteiger partial charge in [0, 0.05) is 0 Å². The Morgan fingerprint density at radius 2 is 1.03 bits per heavy atom. The zero-order valence-electron chi connectivity index (χ0n) is 17.4. The molecule has 0 aromatic rings. The maximum atomic E-state index is 12.5. The number of nitrogens with one attached hydrogen (secondary N) is 3. The first-order chi connectivity index (χ1) is 15.3. The summed E-state index contributed by atoms with van der Waals surface area (Å²) in [5.41, 5.74) is 10.7. The van der Waals surface area contributed by atoms with E-state index in [9.17, 15) is 33.6 Å². The van der Waals surface area contributed by atoms with E-state index in [4.69, 9.17) is 31.9 Å². The van der Waals surface area contributed by atoms with Gasteiger partial charge >= 0.3 is 23.9 Å². The van der Waals surface area contributed by atoms with Crippen LogP contribution in [0.25, 0.3) is 0 Å². The third-order valence-corrected chi connectivity index (χ3v) is 4.07. The van der Waals surface area contributed by atoms with Crippen molar-refractivity contribution < 1.29 is 54.0 Å². The highest BCUT2D eigenvalue weighted by molar-refractivity contribution is 5.97. The number of carbonyl (C=O) groups is 7. The van der Waals surface area contributed by atoms with Crippen LogP contribution in [-0.4, -0.2) is 92.7 Å². The number of hydrogen-bond acceptors (Lipinski definition) is 9. The SMILES string of the molecule is NCCC[C@H](NC(=O)[C@H](CC(=O)O)NC(=O)[C@H](CC(=O)O)NC(=O)[C@@H](N)CC(=O)O)C(=O)O. The molecule has 0 rings (SSSR count). The molecule has 0 heterocycles. The van der Waals surface area contributed by atoms with E-state index in [2.05, 4.69) is 5.32 Å². The highest BCUT2D eigenvalue weighted by atomic mass is 16.4. The molecule has 16 heteroatoms. The van der Waals surface area contributed by atoms with Crippen LogP contribution in [-0.2, 0) is 33.6 Å². The van der Waals surface area contributed by atoms with Gasteiger partial charge < -0.3 is 47.8 Å². The van der Waals surface area contributed by atoms with Gasteiger partial charge in [0.2, 0.25) is 17.7 Å². The molecular formula is C17H27N5O11. The van der Waals surface area contributed by atoms with E-state index in [0.717, 1.165) is 0 Å². The standard InChI is InChI=1S/C17H27N5O11/c18-3-1-2-8(17(32)33)20-15(30)10(6-13(27)28)22-16(31)9(5-12(25)26)21-14(29)7(19)4-11(23)24/h7-10H,1-6,18-19H2,(H,20,30)(H,21,29)(H,22,31)(H,23,24)(H,25,26)(H,27,28)(H,32,33)/t7-,8-,9-,10-/m0/s1. The van der Waals surface area contributed by atoms with Gasteiger partial charge in [-0.05, 0) is 19.4 Å². The molecule has 0 spiro atoms. The summed E-state index contributed by atoms with van der Waals surface area (Å²) in [5.74, 6) is -9.62. The zero-order chi connectivity index (χ0) is 25.7. The van der Waals surface area contributed by atoms with Crippen LogP contribution in [0.15, 0.2) is 0 Å². The quantitative estimate of drug-likeness (QED) is 0.103. The van der Waals surface area contributed by atoms with Gasteiger partial charge in [-0.3, -0.25) is 28.8 Å². The average molecular weight is 477 g/mol. The Kier molecular flexibility index (Phi) is 12.7. The lowest BCUT2D eigenvalue weighted by Crippen LogP contribution is -2.58. The lowest BCUT2D eigenvalue weighted by Gasteiger charge is -2.23. The van der Waals surface area contributed by atoms with Gasteiger partial charge in [0.25, 0.3) is 0 Å². The number of carboxylic acid groups (broad SMARTS) is 4. The van der Waals surface area contributed by atoms with Crippen LogP contribution in [0.1, 0.15) is 32.1 Å². The molecule has 0 bridgehead atoms. The number of carboxylic acids is 4. The number of nitrogens with two attached hydrogens (primary N) is 2. The van der Waals surface area contributed by atoms with E-state index in [0.29, 0.717) is 0 Å². The molecule has 0 unspecified atom stereocenters. The van der Waals surface area contributed by atoms with Crippen molar-refractivity contribution in [1.29, 1.82) is 0 Å². The molecule has 0 saturated heterocycles. The van der Waals surface area contributed by atoms with Crippen molar-refractivity contribution in [3.63, 3.8) is 0 Å². The topological polar surface area (TPSA) is 289 Å². The van der Waals surface area contributed by atoms with Crippen molar-refractivity contribution in [3.8, 4) is 0 Å². The predicted octanol–water partition coefficient (Wildman–Crippen LogP) is -3.98. The Balaban J connectivity index is 5.52. The molecule has 0 aliphatic rings. The van der Waals surface area contributed by atoms with E-state index in [-0.39, 0.29) is 19.4 Å². The minimum Gasteiger partial charge on any atom is -0.481 e. The molecule has 0 aliphatic carbocycles. The zero-order valence-corrected chi connectivity index (χ0v) is 17.4. The van der Waals surface area contributed by atoms with Gasteiger partial charge in [-0.2, -0.15) is 0 Å². The number of rotatable bonds is 16. The first kappa shape index (κ1) is 29.2. The number of hydrogen-bond donors (Lipinski definition) is 9. The normalized spacial score (nSPS) is 14.1. The number of aliphatic carboxylic acids is 4. The van der Waals surface area contributed by atoms with Crippen LogP contribution in [0.4, 0.5) is 0 Å². The summed E-state index contributed by atoms with van der Waals surface area (Å²) in [6.45, 7) is 0.121. The second-order valence-electron chi connectivity index (χ2n) is 6.85. The lowest BCUT2D eigenvalue weighted by atomic mass is 10.1. The second kappa shape index (κ2) is 14.3. The summed E-state index contributed by atoms with van der Waals surface area (Å²) < 4.78 is 0. The fourth-order valence-corrected chi connectivity index (χ4v) is 2.45. The Bertz CT molecular complexity index is 772. The predicted molar refractivity (Wildman–Crippen MR) is 106 cm³/mol. The van der Waals surface area contributed by atoms with Gasteiger partial charge in [0.05, 0.1) is 25.3 Å². The van der Waals surface area contributed by atoms with Crippen LogP contribution >= 0.6 is 0 Å². The van der Waals surface area contributed by atoms with Gasteiger partial charge in [0.1, 0.15) is 18.1 Å². The summed E-state index contributed by atoms with van der Waals surface area (Å²) in [7, 11) is 0. The number of amides is 3. The van der Waals surface area contributed by atoms with Crippen LogP contribution in [0.5, 0.6) is 0 Å². The highest BCUT2D eigenvalue weighted by Gasteiger charge is 2.32. The van der Waals surface area contributed by atoms with Crippen molar-refractivity contribution >= 4 is 41.6 Å². The van der Waals surface area contributed by atoms with Gasteiger partial charge in [-0.15, -0.1) is 0 Å². The lowest BCUT2D eigenvalue weighted by molar-refractivity contribution is -0.145. The van der Waals surface area contributed by atoms with Gasteiger partial charge in [-0.25, -0.2) is 4.79 Å². The van der Waals surface area contributed by atoms with E-state index < -0.39 is 85.0 Å². The van der Waals surface area contributed by atoms with Crippen molar-refractivity contribution in [1.82, 2.24) is 16.0 Å². The molecule has 3 amide bonds. The summed E-state index contributed by atoms with van der Waals surface area (Å²) in [5, 5.41) is 41.8. The Labute approximate surface area is 186 Å². The summed E-state index contributed by atoms with van der Waals surface area (Å²) in [4.78, 5) is 81.0. The smallest absolute Gasteiger partial charge is 0.326 e. The second-order valence-corrected chi connectivity index (χ2v) is 6.85. The third kappa shape index (κ3) is 12.0. The summed E-state index contributed by atoms with van der Waals surface area (Å²) in [6, 6.07) is -6.72. The average Bonchev–Trinajstić information content (AvgIpc) is 2.68. The molecule has 0 radical (unpaired) electrons. The van der Waals surface area contributed by atoms with E-state index >= 15 is 0 Å². The maximum Gasteiger partial charge on any atom is 0.326 e. The van der Waals surface area contributed by atoms with Crippen molar-refractivity contribution in [3.05, 3.63) is 0 Å². The fourth-order valence-electron chi connectivity index (χ4n) is 2.45. The molecule has 33 heavy (non-hydrogen) atoms. The minimum atomic E-state index is -1.84. The van der Waals surface area contributed by atoms with Crippen LogP contribution < -0.4 is 27.4 Å². The molecule has 0 aliphatic heterocycles. The number of carbonyl (C=O) groups excluding carboxylic acids is 3. The molecule has 4 atom stereocenters. The molecule has 16 nitrogen and oxygen atoms in total. The molecule has 0 saturated carbocycles. The monoisotopic (exact) mass is 477 g/mol. The molecule has 0 aromatic carbocycles. The van der Waals surface area contributed by atoms with Crippen molar-refractivity contribution in [2.75, 3.05) is 6.54 Å². The highest BCUT2D eigenvalue weighted by Crippen LogP contribution is 2.03. The Hall–Kier alpha value is -3.79. The minimum absolute atomic E-state index is 0.0789. The Morgan fingerprint density at radius 1 is 0.636 bits per heavy atom. The van der Waals surface area contributed by atoms with Gasteiger partial charge in [-0.1, -0.05) is 0 Å². The van der Waals surface area contributed by atoms with Crippen molar-refractivity contribution in [2.45, 2.75) is 56.3 Å². The first-order valence-corrected chi connectivity index (χ1v) is 9.53. The largest absolute Gasteiger partial charge is 0.481 e. The van der Waals surface area contributed by atoms with Gasteiger partial charge in [0.15, 0.2) is 0 Å². The first-order valence-electron chi connectivity index (χ1n) is 9.53. The Morgan fingerprint density at radius 3 is 1.39 bits per heavy atom. The molecule has 11 N–H and O–H groups in total. The van der Waals surface area contributed by atoms with Crippen LogP contribution in [0.3, 0.4) is 0 Å². The van der Waals surface area contributed by atoms with E-state index in [1.807, 2.05) is 10.6 Å². The van der Waals surface area contributed by atoms with E-state index in [1.165, 1.54) is 0 Å². The third-order valence-electron chi connectivity index (χ3n) is 4.07. The van der Waals surface area contributed by atoms with Crippen LogP contribution in [0, 0.1) is 0 Å². The van der Waals surface area contributed by atoms with Crippen molar-refractivity contribution in [2.24, 2.45) is 11.5 Å². The molecule has 186 valence electrons. The maximum absolute atomic E-state index is 12.5. The summed E-state index contributed by atoms with van der Waals surface area (Å²) >= 11 is 0. The molecule has 0 fully saturated rings. The van der Waals surface area contributed by atoms with E-state index in [1.54, 1.807) is 0 Å². The fraction of sp³-hybridized carbons (Fsp3) is 0.588. The molecule has 0 aromatic heterocycles. The summed E-state index contributed by atoms with van der Waals surface area (Å²) in [6.07, 6.45) is -2.68.